The predicted octanol–water partition coefficient (Wildman–Crippen LogP) is 1.89. The second-order valence-corrected chi connectivity index (χ2v) is 4.25. The molecule has 19 heavy (non-hydrogen) atoms. The average molecular weight is 255 g/mol. The van der Waals surface area contributed by atoms with E-state index in [1.165, 1.54) is 6.26 Å². The van der Waals surface area contributed by atoms with Crippen LogP contribution < -0.4 is 11.3 Å². The molecule has 3 rings (SSSR count). The molecule has 1 aromatic carbocycles. The minimum absolute atomic E-state index is 0.250. The van der Waals surface area contributed by atoms with Crippen molar-refractivity contribution in [1.82, 2.24) is 9.99 Å². The maximum Gasteiger partial charge on any atom is 0.301 e. The van der Waals surface area contributed by atoms with Crippen molar-refractivity contribution < 1.29 is 9.21 Å². The van der Waals surface area contributed by atoms with E-state index in [1.807, 2.05) is 30.5 Å². The lowest BCUT2D eigenvalue weighted by Gasteiger charge is -2.05. The summed E-state index contributed by atoms with van der Waals surface area (Å²) in [5, 5.41) is 1.16. The Labute approximate surface area is 109 Å². The van der Waals surface area contributed by atoms with E-state index in [9.17, 15) is 4.79 Å². The lowest BCUT2D eigenvalue weighted by molar-refractivity contribution is 0.0924. The zero-order valence-corrected chi connectivity index (χ0v) is 10.2. The van der Waals surface area contributed by atoms with Crippen molar-refractivity contribution in [1.29, 1.82) is 0 Å². The maximum atomic E-state index is 11.5. The van der Waals surface area contributed by atoms with Crippen molar-refractivity contribution in [2.24, 2.45) is 5.84 Å². The van der Waals surface area contributed by atoms with Crippen molar-refractivity contribution in [3.63, 3.8) is 0 Å². The first-order valence-electron chi connectivity index (χ1n) is 5.91. The van der Waals surface area contributed by atoms with E-state index in [0.717, 1.165) is 16.5 Å². The number of hydrogen-bond acceptors (Lipinski definition) is 3. The van der Waals surface area contributed by atoms with Gasteiger partial charge in [0.15, 0.2) is 5.76 Å². The summed E-state index contributed by atoms with van der Waals surface area (Å²) in [4.78, 5) is 11.5. The second kappa shape index (κ2) is 4.62. The van der Waals surface area contributed by atoms with Crippen LogP contribution in [0.1, 0.15) is 16.1 Å². The quantitative estimate of drug-likeness (QED) is 0.426. The largest absolute Gasteiger partial charge is 0.459 e. The third kappa shape index (κ3) is 2.00. The van der Waals surface area contributed by atoms with Gasteiger partial charge < -0.3 is 8.98 Å². The first-order valence-corrected chi connectivity index (χ1v) is 5.91. The molecular formula is C14H13N3O2. The minimum Gasteiger partial charge on any atom is -0.459 e. The first-order chi connectivity index (χ1) is 9.29. The van der Waals surface area contributed by atoms with Crippen molar-refractivity contribution >= 4 is 16.8 Å². The smallest absolute Gasteiger partial charge is 0.301 e. The number of nitrogens with two attached hydrogens (primary N) is 1. The number of nitrogen functional groups attached to an aromatic ring is 1. The second-order valence-electron chi connectivity index (χ2n) is 4.25. The Hall–Kier alpha value is -2.53. The molecule has 1 amide bonds. The lowest BCUT2D eigenvalue weighted by Crippen LogP contribution is -2.30. The summed E-state index contributed by atoms with van der Waals surface area (Å²) in [7, 11) is 0. The van der Waals surface area contributed by atoms with Crippen LogP contribution in [0.3, 0.4) is 0 Å². The van der Waals surface area contributed by atoms with Gasteiger partial charge in [-0.15, -0.1) is 0 Å². The molecule has 0 aliphatic rings. The Kier molecular flexibility index (Phi) is 2.81. The summed E-state index contributed by atoms with van der Waals surface area (Å²) in [6.07, 6.45) is 3.48. The van der Waals surface area contributed by atoms with E-state index in [-0.39, 0.29) is 5.76 Å². The van der Waals surface area contributed by atoms with Crippen LogP contribution in [-0.4, -0.2) is 10.5 Å². The van der Waals surface area contributed by atoms with Crippen LogP contribution in [0.5, 0.6) is 0 Å². The molecule has 0 radical (unpaired) electrons. The van der Waals surface area contributed by atoms with Gasteiger partial charge in [-0.2, -0.15) is 0 Å². The number of amides is 1. The Balaban J connectivity index is 1.98. The zero-order chi connectivity index (χ0) is 13.2. The molecule has 3 N–H and O–H groups in total. The molecule has 5 nitrogen and oxygen atoms in total. The van der Waals surface area contributed by atoms with Gasteiger partial charge in [-0.25, -0.2) is 5.84 Å². The standard InChI is InChI=1S/C14H13N3O2/c15-16-14(18)13-11(6-8-19-13)9-17-7-5-10-3-1-2-4-12(10)17/h1-8H,9,15H2,(H,16,18). The molecule has 0 atom stereocenters. The monoisotopic (exact) mass is 255 g/mol. The SMILES string of the molecule is NNC(=O)c1occc1Cn1ccc2ccccc21. The number of para-hydroxylation sites is 1. The van der Waals surface area contributed by atoms with Crippen molar-refractivity contribution in [2.75, 3.05) is 0 Å². The topological polar surface area (TPSA) is 73.2 Å². The molecule has 96 valence electrons. The first kappa shape index (κ1) is 11.6. The van der Waals surface area contributed by atoms with Crippen LogP contribution in [0.15, 0.2) is 53.3 Å². The van der Waals surface area contributed by atoms with E-state index in [1.54, 1.807) is 6.07 Å². The normalized spacial score (nSPS) is 10.8. The molecule has 0 aliphatic carbocycles. The highest BCUT2D eigenvalue weighted by Crippen LogP contribution is 2.19. The van der Waals surface area contributed by atoms with Crippen LogP contribution in [0.2, 0.25) is 0 Å². The number of fused-ring (bicyclic) bond motifs is 1. The summed E-state index contributed by atoms with van der Waals surface area (Å²) >= 11 is 0. The van der Waals surface area contributed by atoms with Crippen molar-refractivity contribution in [3.8, 4) is 0 Å². The number of rotatable bonds is 3. The highest BCUT2D eigenvalue weighted by atomic mass is 16.3. The number of aromatic nitrogens is 1. The van der Waals surface area contributed by atoms with Gasteiger partial charge in [0.05, 0.1) is 12.8 Å². The highest BCUT2D eigenvalue weighted by molar-refractivity contribution is 5.92. The van der Waals surface area contributed by atoms with Crippen LogP contribution >= 0.6 is 0 Å². The van der Waals surface area contributed by atoms with E-state index < -0.39 is 5.91 Å². The number of nitrogens with one attached hydrogen (secondary N) is 1. The van der Waals surface area contributed by atoms with E-state index in [0.29, 0.717) is 6.54 Å². The van der Waals surface area contributed by atoms with Gasteiger partial charge in [-0.05, 0) is 23.6 Å². The summed E-state index contributed by atoms with van der Waals surface area (Å²) < 4.78 is 7.24. The fraction of sp³-hybridized carbons (Fsp3) is 0.0714. The minimum atomic E-state index is -0.420. The van der Waals surface area contributed by atoms with Gasteiger partial charge in [-0.3, -0.25) is 10.2 Å². The van der Waals surface area contributed by atoms with Gasteiger partial charge >= 0.3 is 5.91 Å². The van der Waals surface area contributed by atoms with Gasteiger partial charge in [0.2, 0.25) is 0 Å². The number of hydrogen-bond donors (Lipinski definition) is 2. The fourth-order valence-corrected chi connectivity index (χ4v) is 2.19. The van der Waals surface area contributed by atoms with Crippen LogP contribution in [0.25, 0.3) is 10.9 Å². The highest BCUT2D eigenvalue weighted by Gasteiger charge is 2.14. The predicted molar refractivity (Wildman–Crippen MR) is 71.4 cm³/mol. The van der Waals surface area contributed by atoms with E-state index in [4.69, 9.17) is 10.3 Å². The number of nitrogens with zero attached hydrogens (tertiary/aromatic N) is 1. The summed E-state index contributed by atoms with van der Waals surface area (Å²) in [5.74, 6) is 4.96. The number of hydrazine groups is 1. The molecule has 0 bridgehead atoms. The zero-order valence-electron chi connectivity index (χ0n) is 10.2. The van der Waals surface area contributed by atoms with Crippen molar-refractivity contribution in [3.05, 3.63) is 60.2 Å². The number of benzene rings is 1. The van der Waals surface area contributed by atoms with Crippen molar-refractivity contribution in [2.45, 2.75) is 6.54 Å². The third-order valence-electron chi connectivity index (χ3n) is 3.11. The Morgan fingerprint density at radius 1 is 1.26 bits per heavy atom. The maximum absolute atomic E-state index is 11.5. The van der Waals surface area contributed by atoms with Gasteiger partial charge in [0, 0.05) is 17.3 Å². The van der Waals surface area contributed by atoms with Gasteiger partial charge in [0.1, 0.15) is 0 Å². The Bertz CT molecular complexity index is 727. The van der Waals surface area contributed by atoms with Crippen LogP contribution in [0.4, 0.5) is 0 Å². The van der Waals surface area contributed by atoms with Crippen LogP contribution in [-0.2, 0) is 6.54 Å². The molecule has 3 aromatic rings. The van der Waals surface area contributed by atoms with Crippen LogP contribution in [0, 0.1) is 0 Å². The molecular weight excluding hydrogens is 242 g/mol. The summed E-state index contributed by atoms with van der Waals surface area (Å²) in [6, 6.07) is 11.9. The molecule has 2 aromatic heterocycles. The number of furan rings is 1. The lowest BCUT2D eigenvalue weighted by atomic mass is 10.2. The molecule has 5 heteroatoms. The summed E-state index contributed by atoms with van der Waals surface area (Å²) in [5.41, 5.74) is 3.99. The molecule has 0 fully saturated rings. The molecule has 0 spiro atoms. The Morgan fingerprint density at radius 3 is 2.95 bits per heavy atom. The average Bonchev–Trinajstić information content (AvgIpc) is 3.06. The van der Waals surface area contributed by atoms with E-state index >= 15 is 0 Å². The molecule has 0 aliphatic heterocycles. The summed E-state index contributed by atoms with van der Waals surface area (Å²) in [6.45, 7) is 0.562. The molecule has 0 unspecified atom stereocenters. The fourth-order valence-electron chi connectivity index (χ4n) is 2.19. The van der Waals surface area contributed by atoms with Gasteiger partial charge in [-0.1, -0.05) is 18.2 Å². The number of carbonyl (C=O) groups excluding carboxylic acids is 1. The molecule has 0 saturated heterocycles. The van der Waals surface area contributed by atoms with Gasteiger partial charge in [0.25, 0.3) is 0 Å². The van der Waals surface area contributed by atoms with E-state index in [2.05, 4.69) is 16.1 Å². The Morgan fingerprint density at radius 2 is 2.11 bits per heavy atom. The molecule has 2 heterocycles. The number of carbonyl (C=O) groups is 1. The molecule has 0 saturated carbocycles. The third-order valence-corrected chi connectivity index (χ3v) is 3.11.